The van der Waals surface area contributed by atoms with E-state index in [1.807, 2.05) is 36.4 Å². The van der Waals surface area contributed by atoms with Crippen molar-refractivity contribution in [2.75, 3.05) is 0 Å². The van der Waals surface area contributed by atoms with Gasteiger partial charge in [0, 0.05) is 6.54 Å². The Morgan fingerprint density at radius 1 is 1.42 bits per heavy atom. The van der Waals surface area contributed by atoms with Gasteiger partial charge < -0.3 is 0 Å². The lowest BCUT2D eigenvalue weighted by Gasteiger charge is -2.08. The maximum absolute atomic E-state index is 12.1. The molecule has 8 heteroatoms. The molecule has 0 saturated carbocycles. The van der Waals surface area contributed by atoms with Crippen LogP contribution in [-0.2, 0) is 13.1 Å². The van der Waals surface area contributed by atoms with Crippen LogP contribution in [0.5, 0.6) is 0 Å². The molecule has 0 aliphatic heterocycles. The average molecular weight is 413 g/mol. The van der Waals surface area contributed by atoms with E-state index in [1.165, 1.54) is 10.9 Å². The highest BCUT2D eigenvalue weighted by Crippen LogP contribution is 2.21. The van der Waals surface area contributed by atoms with Crippen molar-refractivity contribution >= 4 is 45.8 Å². The molecule has 2 aromatic rings. The van der Waals surface area contributed by atoms with Gasteiger partial charge in [0.15, 0.2) is 0 Å². The van der Waals surface area contributed by atoms with Gasteiger partial charge in [-0.15, -0.1) is 0 Å². The van der Waals surface area contributed by atoms with E-state index in [4.69, 9.17) is 23.2 Å². The number of nitrogens with zero attached hydrogens (tertiary/aromatic N) is 4. The zero-order chi connectivity index (χ0) is 14.2. The number of aryl methyl sites for hydroxylation is 2. The Morgan fingerprint density at radius 3 is 2.74 bits per heavy atom. The Bertz CT molecular complexity index is 680. The third-order valence-corrected chi connectivity index (χ3v) is 4.78. The van der Waals surface area contributed by atoms with E-state index in [9.17, 15) is 4.79 Å². The summed E-state index contributed by atoms with van der Waals surface area (Å²) in [4.78, 5) is 16.0. The molecule has 0 saturated heterocycles. The van der Waals surface area contributed by atoms with Crippen LogP contribution in [0.4, 0.5) is 0 Å². The van der Waals surface area contributed by atoms with Gasteiger partial charge in [-0.25, -0.2) is 4.98 Å². The fourth-order valence-corrected chi connectivity index (χ4v) is 2.51. The number of aromatic nitrogens is 4. The van der Waals surface area contributed by atoms with E-state index in [2.05, 4.69) is 10.1 Å². The highest BCUT2D eigenvalue weighted by Gasteiger charge is 2.15. The predicted octanol–water partition coefficient (Wildman–Crippen LogP) is 2.73. The minimum Gasteiger partial charge on any atom is -0.292 e. The van der Waals surface area contributed by atoms with Crippen LogP contribution in [0.2, 0.25) is 10.2 Å². The molecule has 102 valence electrons. The minimum absolute atomic E-state index is 0.182. The summed E-state index contributed by atoms with van der Waals surface area (Å²) in [6.45, 7) is 4.83. The van der Waals surface area contributed by atoms with Crippen molar-refractivity contribution in [1.82, 2.24) is 19.3 Å². The van der Waals surface area contributed by atoms with Crippen molar-refractivity contribution in [3.05, 3.63) is 41.8 Å². The molecule has 0 spiro atoms. The highest BCUT2D eigenvalue weighted by molar-refractivity contribution is 14.1. The van der Waals surface area contributed by atoms with Gasteiger partial charge in [-0.3, -0.25) is 14.0 Å². The van der Waals surface area contributed by atoms with E-state index in [1.54, 1.807) is 4.68 Å². The Labute approximate surface area is 133 Å². The normalized spacial score (nSPS) is 11.0. The smallest absolute Gasteiger partial charge is 0.268 e. The predicted molar refractivity (Wildman–Crippen MR) is 83.0 cm³/mol. The van der Waals surface area contributed by atoms with E-state index < -0.39 is 0 Å². The van der Waals surface area contributed by atoms with E-state index >= 15 is 0 Å². The van der Waals surface area contributed by atoms with Crippen molar-refractivity contribution < 1.29 is 0 Å². The van der Waals surface area contributed by atoms with Crippen LogP contribution in [0.25, 0.3) is 0 Å². The van der Waals surface area contributed by atoms with Crippen molar-refractivity contribution in [3.63, 3.8) is 0 Å². The molecule has 0 unspecified atom stereocenters. The minimum atomic E-state index is -0.182. The number of halogens is 3. The third kappa shape index (κ3) is 2.80. The highest BCUT2D eigenvalue weighted by atomic mass is 127. The molecular weight excluding hydrogens is 402 g/mol. The molecule has 0 aliphatic rings. The number of hydrogen-bond acceptors (Lipinski definition) is 3. The molecule has 0 aliphatic carbocycles. The number of rotatable bonds is 3. The molecule has 0 fully saturated rings. The summed E-state index contributed by atoms with van der Waals surface area (Å²) in [5.41, 5.74) is 1.37. The maximum Gasteiger partial charge on any atom is 0.268 e. The first-order chi connectivity index (χ1) is 8.95. The average Bonchev–Trinajstić information content (AvgIpc) is 2.66. The zero-order valence-corrected chi connectivity index (χ0v) is 14.0. The van der Waals surface area contributed by atoms with Crippen molar-refractivity contribution in [3.8, 4) is 0 Å². The van der Waals surface area contributed by atoms with Crippen LogP contribution in [-0.4, -0.2) is 19.3 Å². The molecule has 2 rings (SSSR count). The molecular formula is C11H11Cl2IN4O. The molecule has 0 aromatic carbocycles. The fraction of sp³-hybridized carbons (Fsp3) is 0.364. The van der Waals surface area contributed by atoms with Crippen molar-refractivity contribution in [1.29, 1.82) is 0 Å². The summed E-state index contributed by atoms with van der Waals surface area (Å²) in [7, 11) is 0. The van der Waals surface area contributed by atoms with Gasteiger partial charge >= 0.3 is 0 Å². The van der Waals surface area contributed by atoms with Crippen LogP contribution in [0.1, 0.15) is 18.3 Å². The molecule has 5 nitrogen and oxygen atoms in total. The molecule has 2 heterocycles. The first-order valence-corrected chi connectivity index (χ1v) is 7.41. The Hall–Kier alpha value is -0.600. The summed E-state index contributed by atoms with van der Waals surface area (Å²) in [5, 5.41) is 5.11. The van der Waals surface area contributed by atoms with Gasteiger partial charge in [-0.2, -0.15) is 5.10 Å². The molecule has 2 aromatic heterocycles. The topological polar surface area (TPSA) is 52.7 Å². The van der Waals surface area contributed by atoms with Gasteiger partial charge in [0.05, 0.1) is 29.3 Å². The Morgan fingerprint density at radius 2 is 2.11 bits per heavy atom. The van der Waals surface area contributed by atoms with E-state index in [-0.39, 0.29) is 10.7 Å². The van der Waals surface area contributed by atoms with Crippen LogP contribution < -0.4 is 5.56 Å². The van der Waals surface area contributed by atoms with Gasteiger partial charge in [0.1, 0.15) is 8.72 Å². The van der Waals surface area contributed by atoms with Crippen LogP contribution in [0, 0.1) is 10.5 Å². The summed E-state index contributed by atoms with van der Waals surface area (Å²) < 4.78 is 3.66. The Balaban J connectivity index is 2.48. The standard InChI is InChI=1S/C11H11Cl2IN4O/c1-3-18-7(8(12)6(2)16-18)4-17-5-15-10(13)9(14)11(17)19/h5H,3-4H2,1-2H3. The van der Waals surface area contributed by atoms with Crippen molar-refractivity contribution in [2.45, 2.75) is 26.9 Å². The first-order valence-electron chi connectivity index (χ1n) is 5.58. The summed E-state index contributed by atoms with van der Waals surface area (Å²) in [6.07, 6.45) is 1.42. The lowest BCUT2D eigenvalue weighted by atomic mass is 10.3. The molecule has 0 radical (unpaired) electrons. The lowest BCUT2D eigenvalue weighted by molar-refractivity contribution is 0.587. The summed E-state index contributed by atoms with van der Waals surface area (Å²) >= 11 is 13.9. The molecule has 19 heavy (non-hydrogen) atoms. The van der Waals surface area contributed by atoms with Gasteiger partial charge in [-0.1, -0.05) is 23.2 Å². The molecule has 0 bridgehead atoms. The molecule has 0 N–H and O–H groups in total. The number of hydrogen-bond donors (Lipinski definition) is 0. The third-order valence-electron chi connectivity index (χ3n) is 2.71. The van der Waals surface area contributed by atoms with Crippen LogP contribution in [0.15, 0.2) is 11.1 Å². The lowest BCUT2D eigenvalue weighted by Crippen LogP contribution is -2.25. The SMILES string of the molecule is CCn1nc(C)c(Cl)c1Cn1cnc(Cl)c(I)c1=O. The molecule has 0 atom stereocenters. The van der Waals surface area contributed by atoms with E-state index in [0.717, 1.165) is 11.4 Å². The first kappa shape index (κ1) is 14.8. The fourth-order valence-electron chi connectivity index (χ4n) is 1.74. The Kier molecular flexibility index (Phi) is 4.52. The summed E-state index contributed by atoms with van der Waals surface area (Å²) in [6, 6.07) is 0. The second-order valence-corrected chi connectivity index (χ2v) is 5.76. The van der Waals surface area contributed by atoms with Crippen LogP contribution in [0.3, 0.4) is 0 Å². The van der Waals surface area contributed by atoms with Crippen molar-refractivity contribution in [2.24, 2.45) is 0 Å². The quantitative estimate of drug-likeness (QED) is 0.575. The second kappa shape index (κ2) is 5.80. The monoisotopic (exact) mass is 412 g/mol. The molecule has 0 amide bonds. The van der Waals surface area contributed by atoms with Gasteiger partial charge in [0.2, 0.25) is 0 Å². The van der Waals surface area contributed by atoms with E-state index in [0.29, 0.717) is 21.7 Å². The maximum atomic E-state index is 12.1. The van der Waals surface area contributed by atoms with Gasteiger partial charge in [-0.05, 0) is 36.4 Å². The van der Waals surface area contributed by atoms with Gasteiger partial charge in [0.25, 0.3) is 5.56 Å². The van der Waals surface area contributed by atoms with Crippen LogP contribution >= 0.6 is 45.8 Å². The zero-order valence-electron chi connectivity index (χ0n) is 10.3. The summed E-state index contributed by atoms with van der Waals surface area (Å²) in [5.74, 6) is 0. The largest absolute Gasteiger partial charge is 0.292 e. The second-order valence-electron chi connectivity index (χ2n) is 3.94.